The van der Waals surface area contributed by atoms with E-state index < -0.39 is 0 Å². The van der Waals surface area contributed by atoms with Crippen molar-refractivity contribution in [3.05, 3.63) is 41.7 Å². The minimum Gasteiger partial charge on any atom is -0.342 e. The number of nitrogens with one attached hydrogen (secondary N) is 2. The fraction of sp³-hybridized carbons (Fsp3) is 0.476. The maximum absolute atomic E-state index is 13.4. The molecule has 4 rings (SSSR count). The Balaban J connectivity index is 1.33. The number of fused-ring (bicyclic) bond motifs is 1. The van der Waals surface area contributed by atoms with Gasteiger partial charge in [0, 0.05) is 25.7 Å². The molecule has 8 heteroatoms. The molecule has 0 aliphatic carbocycles. The summed E-state index contributed by atoms with van der Waals surface area (Å²) in [6.07, 6.45) is 4.83. The number of hydrogen-bond donors (Lipinski definition) is 2. The van der Waals surface area contributed by atoms with Crippen LogP contribution in [-0.2, 0) is 17.8 Å². The van der Waals surface area contributed by atoms with Crippen LogP contribution in [0.1, 0.15) is 31.3 Å². The average Bonchev–Trinajstić information content (AvgIpc) is 3.24. The third-order valence-corrected chi connectivity index (χ3v) is 5.49. The number of nitrogens with zero attached hydrogens (tertiary/aromatic N) is 4. The van der Waals surface area contributed by atoms with Crippen molar-refractivity contribution in [2.75, 3.05) is 25.0 Å². The highest BCUT2D eigenvalue weighted by molar-refractivity contribution is 5.92. The van der Waals surface area contributed by atoms with Crippen molar-refractivity contribution in [2.45, 2.75) is 39.7 Å². The number of benzene rings is 1. The highest BCUT2D eigenvalue weighted by Crippen LogP contribution is 2.22. The number of carbonyl (C=O) groups is 1. The van der Waals surface area contributed by atoms with Crippen molar-refractivity contribution in [3.8, 4) is 0 Å². The van der Waals surface area contributed by atoms with Gasteiger partial charge in [-0.3, -0.25) is 14.4 Å². The molecule has 2 N–H and O–H groups in total. The minimum atomic E-state index is -0.262. The maximum atomic E-state index is 13.4. The summed E-state index contributed by atoms with van der Waals surface area (Å²) in [5, 5.41) is 7.35. The summed E-state index contributed by atoms with van der Waals surface area (Å²) in [5.41, 5.74) is 3.13. The molecule has 1 amide bonds. The summed E-state index contributed by atoms with van der Waals surface area (Å²) in [5.74, 6) is 1.03. The van der Waals surface area contributed by atoms with E-state index in [1.807, 2.05) is 24.7 Å². The van der Waals surface area contributed by atoms with Gasteiger partial charge in [-0.25, -0.2) is 9.37 Å². The van der Waals surface area contributed by atoms with E-state index in [2.05, 4.69) is 25.3 Å². The van der Waals surface area contributed by atoms with Crippen molar-refractivity contribution in [1.29, 1.82) is 0 Å². The van der Waals surface area contributed by atoms with Gasteiger partial charge >= 0.3 is 0 Å². The predicted molar refractivity (Wildman–Crippen MR) is 110 cm³/mol. The highest BCUT2D eigenvalue weighted by atomic mass is 19.1. The Morgan fingerprint density at radius 2 is 2.28 bits per heavy atom. The fourth-order valence-electron chi connectivity index (χ4n) is 4.06. The molecule has 0 saturated carbocycles. The zero-order valence-electron chi connectivity index (χ0n) is 16.9. The van der Waals surface area contributed by atoms with Gasteiger partial charge in [-0.15, -0.1) is 0 Å². The van der Waals surface area contributed by atoms with Crippen LogP contribution in [0.25, 0.3) is 11.0 Å². The van der Waals surface area contributed by atoms with Crippen molar-refractivity contribution in [2.24, 2.45) is 5.92 Å². The molecule has 1 saturated heterocycles. The lowest BCUT2D eigenvalue weighted by atomic mass is 9.94. The predicted octanol–water partition coefficient (Wildman–Crippen LogP) is 3.12. The molecule has 0 bridgehead atoms. The summed E-state index contributed by atoms with van der Waals surface area (Å²) in [6.45, 7) is 6.84. The van der Waals surface area contributed by atoms with Crippen LogP contribution in [0.5, 0.6) is 0 Å². The first-order valence-corrected chi connectivity index (χ1v) is 10.2. The number of amides is 1. The highest BCUT2D eigenvalue weighted by Gasteiger charge is 2.23. The van der Waals surface area contributed by atoms with Gasteiger partial charge < -0.3 is 10.3 Å². The van der Waals surface area contributed by atoms with E-state index >= 15 is 0 Å². The van der Waals surface area contributed by atoms with Crippen molar-refractivity contribution >= 4 is 22.6 Å². The van der Waals surface area contributed by atoms with Gasteiger partial charge in [0.2, 0.25) is 5.91 Å². The molecule has 0 unspecified atom stereocenters. The van der Waals surface area contributed by atoms with Crippen LogP contribution in [0.3, 0.4) is 0 Å². The standard InChI is InChI=1S/C21H27FN6O/c1-3-28-12-19(14(2)26-28)25-21(29)13-27-8-4-5-15(11-27)9-20-23-17-7-6-16(22)10-18(17)24-20/h6-7,10,12,15H,3-5,8-9,11,13H2,1-2H3,(H,23,24)(H,25,29)/t15-/m0/s1. The Bertz CT molecular complexity index is 1010. The molecule has 1 fully saturated rings. The monoisotopic (exact) mass is 398 g/mol. The fourth-order valence-corrected chi connectivity index (χ4v) is 4.06. The van der Waals surface area contributed by atoms with Crippen LogP contribution in [0, 0.1) is 18.7 Å². The molecule has 154 valence electrons. The number of H-pyrrole nitrogens is 1. The second-order valence-electron chi connectivity index (χ2n) is 7.82. The number of aryl methyl sites for hydroxylation is 2. The first kappa shape index (κ1) is 19.6. The molecule has 1 aliphatic rings. The molecule has 2 aromatic heterocycles. The molecule has 7 nitrogen and oxygen atoms in total. The lowest BCUT2D eigenvalue weighted by molar-refractivity contribution is -0.117. The average molecular weight is 398 g/mol. The molecular weight excluding hydrogens is 371 g/mol. The van der Waals surface area contributed by atoms with E-state index in [1.165, 1.54) is 12.1 Å². The molecule has 3 aromatic rings. The van der Waals surface area contributed by atoms with Gasteiger partial charge in [0.05, 0.1) is 29.0 Å². The van der Waals surface area contributed by atoms with Gasteiger partial charge in [-0.2, -0.15) is 5.10 Å². The second-order valence-corrected chi connectivity index (χ2v) is 7.82. The Morgan fingerprint density at radius 1 is 1.41 bits per heavy atom. The van der Waals surface area contributed by atoms with Crippen LogP contribution in [0.2, 0.25) is 0 Å². The minimum absolute atomic E-state index is 0.0105. The zero-order valence-corrected chi connectivity index (χ0v) is 16.9. The zero-order chi connectivity index (χ0) is 20.4. The molecule has 1 atom stereocenters. The Morgan fingerprint density at radius 3 is 3.07 bits per heavy atom. The van der Waals surface area contributed by atoms with E-state index in [0.29, 0.717) is 12.5 Å². The molecule has 3 heterocycles. The normalized spacial score (nSPS) is 17.7. The Labute approximate surface area is 169 Å². The quantitative estimate of drug-likeness (QED) is 0.669. The number of hydrogen-bond acceptors (Lipinski definition) is 4. The first-order valence-electron chi connectivity index (χ1n) is 10.2. The molecule has 29 heavy (non-hydrogen) atoms. The number of aromatic amines is 1. The number of halogens is 1. The molecule has 0 radical (unpaired) electrons. The van der Waals surface area contributed by atoms with Crippen LogP contribution in [0.15, 0.2) is 24.4 Å². The topological polar surface area (TPSA) is 78.8 Å². The van der Waals surface area contributed by atoms with Gasteiger partial charge in [-0.1, -0.05) is 0 Å². The van der Waals surface area contributed by atoms with E-state index in [1.54, 1.807) is 6.07 Å². The van der Waals surface area contributed by atoms with Gasteiger partial charge in [-0.05, 0) is 57.4 Å². The van der Waals surface area contributed by atoms with Crippen molar-refractivity contribution in [3.63, 3.8) is 0 Å². The summed E-state index contributed by atoms with van der Waals surface area (Å²) in [4.78, 5) is 22.5. The Hall–Kier alpha value is -2.74. The van der Waals surface area contributed by atoms with Gasteiger partial charge in [0.1, 0.15) is 11.6 Å². The first-order chi connectivity index (χ1) is 14.0. The van der Waals surface area contributed by atoms with E-state index in [9.17, 15) is 9.18 Å². The SMILES string of the molecule is CCn1cc(NC(=O)CN2CCC[C@@H](Cc3nc4ccc(F)cc4[nH]3)C2)c(C)n1. The maximum Gasteiger partial charge on any atom is 0.238 e. The smallest absolute Gasteiger partial charge is 0.238 e. The number of likely N-dealkylation sites (tertiary alicyclic amines) is 1. The number of anilines is 1. The Kier molecular flexibility index (Phi) is 5.62. The molecule has 1 aromatic carbocycles. The van der Waals surface area contributed by atoms with Gasteiger partial charge in [0.25, 0.3) is 0 Å². The van der Waals surface area contributed by atoms with E-state index in [-0.39, 0.29) is 11.7 Å². The molecule has 1 aliphatic heterocycles. The summed E-state index contributed by atoms with van der Waals surface area (Å²) >= 11 is 0. The number of rotatable bonds is 6. The van der Waals surface area contributed by atoms with Crippen molar-refractivity contribution in [1.82, 2.24) is 24.6 Å². The second kappa shape index (κ2) is 8.32. The van der Waals surface area contributed by atoms with Crippen molar-refractivity contribution < 1.29 is 9.18 Å². The van der Waals surface area contributed by atoms with E-state index in [0.717, 1.165) is 67.1 Å². The van der Waals surface area contributed by atoms with Crippen LogP contribution < -0.4 is 5.32 Å². The van der Waals surface area contributed by atoms with Gasteiger partial charge in [0.15, 0.2) is 0 Å². The third-order valence-electron chi connectivity index (χ3n) is 5.49. The van der Waals surface area contributed by atoms with Crippen LogP contribution >= 0.6 is 0 Å². The number of aromatic nitrogens is 4. The largest absolute Gasteiger partial charge is 0.342 e. The number of carbonyl (C=O) groups excluding carboxylic acids is 1. The number of imidazole rings is 1. The lowest BCUT2D eigenvalue weighted by Gasteiger charge is -2.31. The third kappa shape index (κ3) is 4.64. The molecular formula is C21H27FN6O. The lowest BCUT2D eigenvalue weighted by Crippen LogP contribution is -2.41. The summed E-state index contributed by atoms with van der Waals surface area (Å²) in [6, 6.07) is 4.61. The summed E-state index contributed by atoms with van der Waals surface area (Å²) in [7, 11) is 0. The molecule has 0 spiro atoms. The van der Waals surface area contributed by atoms with Crippen LogP contribution in [-0.4, -0.2) is 50.2 Å². The van der Waals surface area contributed by atoms with Crippen LogP contribution in [0.4, 0.5) is 10.1 Å². The van der Waals surface area contributed by atoms with E-state index in [4.69, 9.17) is 0 Å². The number of piperidine rings is 1. The summed E-state index contributed by atoms with van der Waals surface area (Å²) < 4.78 is 15.2.